The molecule has 0 radical (unpaired) electrons. The molecule has 1 aliphatic heterocycles. The summed E-state index contributed by atoms with van der Waals surface area (Å²) in [6.07, 6.45) is 0. The van der Waals surface area contributed by atoms with Crippen molar-refractivity contribution in [3.05, 3.63) is 61.4 Å². The monoisotopic (exact) mass is 492 g/mol. The summed E-state index contributed by atoms with van der Waals surface area (Å²) in [5.41, 5.74) is 1.07. The molecule has 0 spiro atoms. The lowest BCUT2D eigenvalue weighted by molar-refractivity contribution is -0.382. The number of para-hydroxylation sites is 1. The van der Waals surface area contributed by atoms with Gasteiger partial charge in [0.05, 0.1) is 26.3 Å². The van der Waals surface area contributed by atoms with E-state index in [1.54, 1.807) is 29.2 Å². The zero-order valence-corrected chi connectivity index (χ0v) is 19.3. The molecule has 166 valence electrons. The number of thiophene rings is 1. The number of amides is 2. The number of nitro groups is 1. The van der Waals surface area contributed by atoms with Crippen molar-refractivity contribution in [3.8, 4) is 0 Å². The van der Waals surface area contributed by atoms with E-state index >= 15 is 0 Å². The number of halogens is 2. The predicted octanol–water partition coefficient (Wildman–Crippen LogP) is 5.04. The van der Waals surface area contributed by atoms with Crippen LogP contribution in [0.5, 0.6) is 0 Å². The molecule has 0 aliphatic carbocycles. The van der Waals surface area contributed by atoms with Crippen LogP contribution < -0.4 is 10.2 Å². The number of carbonyl (C=O) groups is 2. The Morgan fingerprint density at radius 1 is 1.09 bits per heavy atom. The number of anilines is 2. The molecule has 2 amide bonds. The zero-order valence-electron chi connectivity index (χ0n) is 16.9. The van der Waals surface area contributed by atoms with Crippen LogP contribution in [0.4, 0.5) is 17.1 Å². The Hall–Kier alpha value is -2.88. The maximum Gasteiger partial charge on any atom is 0.287 e. The summed E-state index contributed by atoms with van der Waals surface area (Å²) in [7, 11) is 0. The van der Waals surface area contributed by atoms with Gasteiger partial charge in [-0.25, -0.2) is 0 Å². The Morgan fingerprint density at radius 2 is 1.78 bits per heavy atom. The van der Waals surface area contributed by atoms with Crippen molar-refractivity contribution in [2.24, 2.45) is 0 Å². The van der Waals surface area contributed by atoms with Crippen LogP contribution >= 0.6 is 34.5 Å². The molecule has 2 aromatic carbocycles. The van der Waals surface area contributed by atoms with Crippen molar-refractivity contribution in [1.29, 1.82) is 0 Å². The molecule has 0 bridgehead atoms. The molecule has 1 saturated heterocycles. The molecule has 32 heavy (non-hydrogen) atoms. The van der Waals surface area contributed by atoms with E-state index in [0.717, 1.165) is 11.3 Å². The molecule has 1 N–H and O–H groups in total. The number of fused-ring (bicyclic) bond motifs is 1. The van der Waals surface area contributed by atoms with Crippen LogP contribution in [0.25, 0.3) is 10.1 Å². The van der Waals surface area contributed by atoms with Gasteiger partial charge in [0.15, 0.2) is 0 Å². The van der Waals surface area contributed by atoms with E-state index in [9.17, 15) is 19.7 Å². The van der Waals surface area contributed by atoms with Gasteiger partial charge in [0.25, 0.3) is 11.6 Å². The van der Waals surface area contributed by atoms with Crippen LogP contribution in [0, 0.1) is 10.1 Å². The van der Waals surface area contributed by atoms with Crippen LogP contribution in [0.2, 0.25) is 10.0 Å². The summed E-state index contributed by atoms with van der Waals surface area (Å²) >= 11 is 13.9. The molecular formula is C21H18Cl2N4O4S. The predicted molar refractivity (Wildman–Crippen MR) is 127 cm³/mol. The molecule has 1 aromatic heterocycles. The van der Waals surface area contributed by atoms with Gasteiger partial charge in [-0.05, 0) is 12.1 Å². The van der Waals surface area contributed by atoms with E-state index in [1.807, 2.05) is 4.90 Å². The van der Waals surface area contributed by atoms with Crippen molar-refractivity contribution in [2.45, 2.75) is 6.92 Å². The molecule has 8 nitrogen and oxygen atoms in total. The minimum Gasteiger partial charge on any atom is -0.365 e. The molecule has 1 aliphatic rings. The number of hydrogen-bond acceptors (Lipinski definition) is 6. The van der Waals surface area contributed by atoms with Gasteiger partial charge in [-0.1, -0.05) is 41.4 Å². The number of benzene rings is 2. The first-order valence-electron chi connectivity index (χ1n) is 9.73. The first kappa shape index (κ1) is 22.3. The average molecular weight is 493 g/mol. The first-order chi connectivity index (χ1) is 15.3. The molecule has 0 unspecified atom stereocenters. The number of carbonyl (C=O) groups excluding carboxylic acids is 2. The first-order valence-corrected chi connectivity index (χ1v) is 11.3. The fourth-order valence-corrected chi connectivity index (χ4v) is 5.51. The molecule has 11 heteroatoms. The fraction of sp³-hybridized carbons (Fsp3) is 0.238. The molecule has 0 atom stereocenters. The molecule has 0 saturated carbocycles. The van der Waals surface area contributed by atoms with Crippen LogP contribution in [-0.2, 0) is 4.79 Å². The summed E-state index contributed by atoms with van der Waals surface area (Å²) in [5, 5.41) is 15.3. The maximum atomic E-state index is 13.1. The van der Waals surface area contributed by atoms with Gasteiger partial charge in [-0.15, -0.1) is 11.3 Å². The number of hydrogen-bond donors (Lipinski definition) is 1. The van der Waals surface area contributed by atoms with Crippen LogP contribution in [0.1, 0.15) is 16.6 Å². The summed E-state index contributed by atoms with van der Waals surface area (Å²) in [4.78, 5) is 39.5. The van der Waals surface area contributed by atoms with Crippen molar-refractivity contribution >= 4 is 73.5 Å². The highest BCUT2D eigenvalue weighted by Gasteiger charge is 2.26. The summed E-state index contributed by atoms with van der Waals surface area (Å²) in [6.45, 7) is 3.79. The average Bonchev–Trinajstić information content (AvgIpc) is 3.10. The topological polar surface area (TPSA) is 95.8 Å². The number of rotatable bonds is 4. The molecule has 3 aromatic rings. The summed E-state index contributed by atoms with van der Waals surface area (Å²) < 4.78 is 0.347. The largest absolute Gasteiger partial charge is 0.365 e. The minimum atomic E-state index is -0.493. The lowest BCUT2D eigenvalue weighted by atomic mass is 10.2. The van der Waals surface area contributed by atoms with Crippen molar-refractivity contribution in [2.75, 3.05) is 36.4 Å². The molecular weight excluding hydrogens is 475 g/mol. The zero-order chi connectivity index (χ0) is 23.0. The molecule has 2 heterocycles. The van der Waals surface area contributed by atoms with E-state index in [-0.39, 0.29) is 21.5 Å². The van der Waals surface area contributed by atoms with Gasteiger partial charge in [0.1, 0.15) is 9.58 Å². The highest BCUT2D eigenvalue weighted by molar-refractivity contribution is 7.22. The van der Waals surface area contributed by atoms with E-state index in [1.165, 1.54) is 19.1 Å². The Balaban J connectivity index is 1.64. The number of non-ortho nitro benzene ring substituents is 1. The second-order valence-corrected chi connectivity index (χ2v) is 9.05. The van der Waals surface area contributed by atoms with Crippen molar-refractivity contribution in [1.82, 2.24) is 4.90 Å². The number of nitro benzene ring substituents is 1. The Bertz CT molecular complexity index is 1240. The highest BCUT2D eigenvalue weighted by Crippen LogP contribution is 2.41. The van der Waals surface area contributed by atoms with E-state index in [0.29, 0.717) is 52.7 Å². The van der Waals surface area contributed by atoms with Gasteiger partial charge in [-0.3, -0.25) is 19.7 Å². The van der Waals surface area contributed by atoms with E-state index in [4.69, 9.17) is 23.2 Å². The van der Waals surface area contributed by atoms with Gasteiger partial charge >= 0.3 is 0 Å². The third-order valence-electron chi connectivity index (χ3n) is 5.31. The van der Waals surface area contributed by atoms with E-state index in [2.05, 4.69) is 5.32 Å². The Morgan fingerprint density at radius 3 is 2.44 bits per heavy atom. The fourth-order valence-electron chi connectivity index (χ4n) is 3.73. The second-order valence-electron chi connectivity index (χ2n) is 7.24. The molecule has 1 fully saturated rings. The van der Waals surface area contributed by atoms with Gasteiger partial charge in [0, 0.05) is 44.6 Å². The SMILES string of the molecule is CC(=O)N1CCN(c2c(Cl)cccc2NC(=O)c2sc3c([N+](=O)[O-])cccc3c2Cl)CC1. The van der Waals surface area contributed by atoms with Crippen LogP contribution in [-0.4, -0.2) is 47.8 Å². The van der Waals surface area contributed by atoms with E-state index < -0.39 is 10.8 Å². The maximum absolute atomic E-state index is 13.1. The summed E-state index contributed by atoms with van der Waals surface area (Å²) in [5.74, 6) is -0.456. The Kier molecular flexibility index (Phi) is 6.23. The number of nitrogens with one attached hydrogen (secondary N) is 1. The lowest BCUT2D eigenvalue weighted by Crippen LogP contribution is -2.48. The number of nitrogens with zero attached hydrogens (tertiary/aromatic N) is 3. The second kappa shape index (κ2) is 8.93. The quantitative estimate of drug-likeness (QED) is 0.406. The molecule has 4 rings (SSSR count). The number of piperazine rings is 1. The standard InChI is InChI=1S/C21H18Cl2N4O4S/c1-12(28)25-8-10-26(11-9-25)18-14(22)5-3-6-15(18)24-21(29)20-17(23)13-4-2-7-16(27(30)31)19(13)32-20/h2-7H,8-11H2,1H3,(H,24,29). The van der Waals surface area contributed by atoms with Crippen molar-refractivity contribution in [3.63, 3.8) is 0 Å². The summed E-state index contributed by atoms with van der Waals surface area (Å²) in [6, 6.07) is 9.77. The van der Waals surface area contributed by atoms with Gasteiger partial charge in [-0.2, -0.15) is 0 Å². The van der Waals surface area contributed by atoms with Gasteiger partial charge < -0.3 is 15.1 Å². The van der Waals surface area contributed by atoms with Gasteiger partial charge in [0.2, 0.25) is 5.91 Å². The van der Waals surface area contributed by atoms with Crippen LogP contribution in [0.3, 0.4) is 0 Å². The highest BCUT2D eigenvalue weighted by atomic mass is 35.5. The van der Waals surface area contributed by atoms with Crippen LogP contribution in [0.15, 0.2) is 36.4 Å². The van der Waals surface area contributed by atoms with Crippen molar-refractivity contribution < 1.29 is 14.5 Å². The smallest absolute Gasteiger partial charge is 0.287 e. The third kappa shape index (κ3) is 4.11. The third-order valence-corrected chi connectivity index (χ3v) is 7.35. The Labute approximate surface area is 197 Å². The normalized spacial score (nSPS) is 14.0. The minimum absolute atomic E-state index is 0.0193. The lowest BCUT2D eigenvalue weighted by Gasteiger charge is -2.36.